The topological polar surface area (TPSA) is 50.9 Å². The number of aliphatic hydroxyl groups excluding tert-OH is 1. The van der Waals surface area contributed by atoms with Crippen LogP contribution in [-0.2, 0) is 6.42 Å². The third-order valence-electron chi connectivity index (χ3n) is 2.37. The zero-order valence-corrected chi connectivity index (χ0v) is 10.2. The summed E-state index contributed by atoms with van der Waals surface area (Å²) in [7, 11) is 0. The second-order valence-electron chi connectivity index (χ2n) is 4.00. The molecule has 0 saturated heterocycles. The third-order valence-corrected chi connectivity index (χ3v) is 3.25. The maximum Gasteiger partial charge on any atom is 0.0953 e. The first-order valence-corrected chi connectivity index (χ1v) is 6.15. The molecule has 5 heteroatoms. The van der Waals surface area contributed by atoms with Crippen LogP contribution < -0.4 is 0 Å². The van der Waals surface area contributed by atoms with Crippen LogP contribution in [0.5, 0.6) is 0 Å². The summed E-state index contributed by atoms with van der Waals surface area (Å²) >= 11 is 1.47. The van der Waals surface area contributed by atoms with Gasteiger partial charge in [0.15, 0.2) is 0 Å². The van der Waals surface area contributed by atoms with E-state index in [0.717, 1.165) is 10.6 Å². The molecule has 1 N–H and O–H groups in total. The zero-order valence-electron chi connectivity index (χ0n) is 9.37. The molecular formula is C11H15N3OS. The molecule has 0 radical (unpaired) electrons. The molecule has 0 bridgehead atoms. The van der Waals surface area contributed by atoms with Crippen molar-refractivity contribution in [3.8, 4) is 0 Å². The van der Waals surface area contributed by atoms with Gasteiger partial charge in [-0.3, -0.25) is 9.67 Å². The lowest BCUT2D eigenvalue weighted by Crippen LogP contribution is -2.04. The van der Waals surface area contributed by atoms with Crippen LogP contribution in [0.1, 0.15) is 36.6 Å². The van der Waals surface area contributed by atoms with E-state index in [1.54, 1.807) is 11.7 Å². The van der Waals surface area contributed by atoms with Gasteiger partial charge in [-0.05, 0) is 19.9 Å². The normalized spacial score (nSPS) is 13.2. The largest absolute Gasteiger partial charge is 0.387 e. The highest BCUT2D eigenvalue weighted by molar-refractivity contribution is 7.09. The Bertz CT molecular complexity index is 436. The van der Waals surface area contributed by atoms with Crippen molar-refractivity contribution < 1.29 is 5.11 Å². The van der Waals surface area contributed by atoms with E-state index in [9.17, 15) is 5.11 Å². The van der Waals surface area contributed by atoms with Crippen LogP contribution in [0.15, 0.2) is 24.0 Å². The summed E-state index contributed by atoms with van der Waals surface area (Å²) in [6, 6.07) is 2.30. The van der Waals surface area contributed by atoms with Gasteiger partial charge < -0.3 is 5.11 Å². The molecule has 0 aliphatic carbocycles. The molecule has 16 heavy (non-hydrogen) atoms. The van der Waals surface area contributed by atoms with Gasteiger partial charge >= 0.3 is 0 Å². The molecular weight excluding hydrogens is 222 g/mol. The van der Waals surface area contributed by atoms with Crippen LogP contribution >= 0.6 is 11.3 Å². The molecule has 0 spiro atoms. The van der Waals surface area contributed by atoms with Crippen molar-refractivity contribution in [2.75, 3.05) is 0 Å². The highest BCUT2D eigenvalue weighted by Gasteiger charge is 2.12. The van der Waals surface area contributed by atoms with Crippen molar-refractivity contribution in [3.63, 3.8) is 0 Å². The van der Waals surface area contributed by atoms with E-state index in [1.165, 1.54) is 11.3 Å². The average molecular weight is 237 g/mol. The Kier molecular flexibility index (Phi) is 3.36. The summed E-state index contributed by atoms with van der Waals surface area (Å²) in [5, 5.41) is 14.3. The van der Waals surface area contributed by atoms with Crippen molar-refractivity contribution in [1.29, 1.82) is 0 Å². The SMILES string of the molecule is CC(C)n1ccc(CC(O)c2cncs2)n1. The van der Waals surface area contributed by atoms with Gasteiger partial charge in [0.2, 0.25) is 0 Å². The Hall–Kier alpha value is -1.20. The molecule has 0 aliphatic heterocycles. The molecule has 0 fully saturated rings. The molecule has 0 saturated carbocycles. The molecule has 2 aromatic rings. The number of hydrogen-bond acceptors (Lipinski definition) is 4. The molecule has 0 amide bonds. The first-order chi connectivity index (χ1) is 7.66. The van der Waals surface area contributed by atoms with E-state index in [0.29, 0.717) is 12.5 Å². The lowest BCUT2D eigenvalue weighted by atomic mass is 10.2. The van der Waals surface area contributed by atoms with Crippen LogP contribution in [0.25, 0.3) is 0 Å². The van der Waals surface area contributed by atoms with Gasteiger partial charge in [-0.1, -0.05) is 0 Å². The highest BCUT2D eigenvalue weighted by Crippen LogP contribution is 2.20. The highest BCUT2D eigenvalue weighted by atomic mass is 32.1. The lowest BCUT2D eigenvalue weighted by molar-refractivity contribution is 0.180. The lowest BCUT2D eigenvalue weighted by Gasteiger charge is -2.06. The number of hydrogen-bond donors (Lipinski definition) is 1. The summed E-state index contributed by atoms with van der Waals surface area (Å²) in [5.41, 5.74) is 2.64. The minimum absolute atomic E-state index is 0.356. The Morgan fingerprint density at radius 1 is 1.50 bits per heavy atom. The van der Waals surface area contributed by atoms with Crippen LogP contribution in [0, 0.1) is 0 Å². The van der Waals surface area contributed by atoms with Crippen molar-refractivity contribution in [2.24, 2.45) is 0 Å². The Morgan fingerprint density at radius 3 is 2.88 bits per heavy atom. The van der Waals surface area contributed by atoms with Gasteiger partial charge in [0, 0.05) is 24.9 Å². The fourth-order valence-corrected chi connectivity index (χ4v) is 2.07. The maximum atomic E-state index is 9.93. The van der Waals surface area contributed by atoms with Gasteiger partial charge in [0.25, 0.3) is 0 Å². The second-order valence-corrected chi connectivity index (χ2v) is 4.92. The fourth-order valence-electron chi connectivity index (χ4n) is 1.46. The van der Waals surface area contributed by atoms with Gasteiger partial charge in [0.1, 0.15) is 0 Å². The smallest absolute Gasteiger partial charge is 0.0953 e. The summed E-state index contributed by atoms with van der Waals surface area (Å²) in [6.45, 7) is 4.16. The Labute approximate surface area is 98.6 Å². The second kappa shape index (κ2) is 4.76. The van der Waals surface area contributed by atoms with E-state index in [-0.39, 0.29) is 0 Å². The van der Waals surface area contributed by atoms with Crippen LogP contribution in [0.3, 0.4) is 0 Å². The fraction of sp³-hybridized carbons (Fsp3) is 0.455. The number of nitrogens with zero attached hydrogens (tertiary/aromatic N) is 3. The van der Waals surface area contributed by atoms with Crippen LogP contribution in [0.2, 0.25) is 0 Å². The molecule has 1 unspecified atom stereocenters. The van der Waals surface area contributed by atoms with Crippen molar-refractivity contribution in [3.05, 3.63) is 34.5 Å². The summed E-state index contributed by atoms with van der Waals surface area (Å²) in [4.78, 5) is 4.84. The van der Waals surface area contributed by atoms with Crippen molar-refractivity contribution >= 4 is 11.3 Å². The summed E-state index contributed by atoms with van der Waals surface area (Å²) in [6.07, 6.45) is 3.69. The standard InChI is InChI=1S/C11H15N3OS/c1-8(2)14-4-3-9(13-14)5-10(15)11-6-12-7-16-11/h3-4,6-8,10,15H,5H2,1-2H3. The number of rotatable bonds is 4. The maximum absolute atomic E-state index is 9.93. The molecule has 1 atom stereocenters. The predicted octanol–water partition coefficient (Wildman–Crippen LogP) is 2.20. The molecule has 4 nitrogen and oxygen atoms in total. The quantitative estimate of drug-likeness (QED) is 0.887. The Morgan fingerprint density at radius 2 is 2.31 bits per heavy atom. The van der Waals surface area contributed by atoms with Crippen molar-refractivity contribution in [2.45, 2.75) is 32.4 Å². The Balaban J connectivity index is 2.03. The van der Waals surface area contributed by atoms with E-state index in [1.807, 2.05) is 16.9 Å². The van der Waals surface area contributed by atoms with Crippen LogP contribution in [-0.4, -0.2) is 19.9 Å². The number of aliphatic hydroxyl groups is 1. The molecule has 0 aliphatic rings. The molecule has 2 aromatic heterocycles. The minimum Gasteiger partial charge on any atom is -0.387 e. The zero-order chi connectivity index (χ0) is 11.5. The van der Waals surface area contributed by atoms with Crippen molar-refractivity contribution in [1.82, 2.24) is 14.8 Å². The van der Waals surface area contributed by atoms with Gasteiger partial charge in [-0.25, -0.2) is 0 Å². The minimum atomic E-state index is -0.497. The van der Waals surface area contributed by atoms with E-state index in [4.69, 9.17) is 0 Å². The first kappa shape index (κ1) is 11.3. The predicted molar refractivity (Wildman–Crippen MR) is 63.4 cm³/mol. The van der Waals surface area contributed by atoms with E-state index < -0.39 is 6.10 Å². The summed E-state index contributed by atoms with van der Waals surface area (Å²) < 4.78 is 1.90. The molecule has 86 valence electrons. The number of thiazole rings is 1. The first-order valence-electron chi connectivity index (χ1n) is 5.27. The monoisotopic (exact) mass is 237 g/mol. The van der Waals surface area contributed by atoms with Gasteiger partial charge in [-0.2, -0.15) is 5.10 Å². The van der Waals surface area contributed by atoms with Crippen LogP contribution in [0.4, 0.5) is 0 Å². The van der Waals surface area contributed by atoms with Gasteiger partial charge in [-0.15, -0.1) is 11.3 Å². The summed E-state index contributed by atoms with van der Waals surface area (Å²) in [5.74, 6) is 0. The van der Waals surface area contributed by atoms with E-state index >= 15 is 0 Å². The number of aromatic nitrogens is 3. The van der Waals surface area contributed by atoms with E-state index in [2.05, 4.69) is 23.9 Å². The van der Waals surface area contributed by atoms with Gasteiger partial charge in [0.05, 0.1) is 22.2 Å². The third kappa shape index (κ3) is 2.48. The molecule has 2 rings (SSSR count). The average Bonchev–Trinajstić information content (AvgIpc) is 2.87. The molecule has 0 aromatic carbocycles. The molecule has 2 heterocycles.